The summed E-state index contributed by atoms with van der Waals surface area (Å²) in [4.78, 5) is 6.30. The predicted octanol–water partition coefficient (Wildman–Crippen LogP) is 4.25. The summed E-state index contributed by atoms with van der Waals surface area (Å²) in [5, 5.41) is 11.9. The summed E-state index contributed by atoms with van der Waals surface area (Å²) in [6.45, 7) is 3.40. The number of hydrogen-bond acceptors (Lipinski definition) is 5. The van der Waals surface area contributed by atoms with E-state index in [0.717, 1.165) is 27.6 Å². The summed E-state index contributed by atoms with van der Waals surface area (Å²) < 4.78 is 10.9. The van der Waals surface area contributed by atoms with E-state index in [2.05, 4.69) is 46.3 Å². The van der Waals surface area contributed by atoms with Gasteiger partial charge in [0.1, 0.15) is 18.2 Å². The number of aromatic nitrogens is 1. The Morgan fingerprint density at radius 2 is 1.81 bits per heavy atom. The Hall–Kier alpha value is -3.10. The molecule has 0 N–H and O–H groups in total. The topological polar surface area (TPSA) is 58.4 Å². The molecule has 5 nitrogen and oxygen atoms in total. The molecule has 0 saturated heterocycles. The summed E-state index contributed by atoms with van der Waals surface area (Å²) in [5.74, 6) is 0.345. The van der Waals surface area contributed by atoms with E-state index in [1.165, 1.54) is 0 Å². The van der Waals surface area contributed by atoms with Gasteiger partial charge in [-0.05, 0) is 47.5 Å². The smallest absolute Gasteiger partial charge is 0.232 e. The number of fused-ring (bicyclic) bond motifs is 1. The molecule has 0 saturated carbocycles. The van der Waals surface area contributed by atoms with Crippen molar-refractivity contribution in [3.8, 4) is 23.1 Å². The number of hydrogen-bond donors (Lipinski definition) is 0. The van der Waals surface area contributed by atoms with E-state index in [9.17, 15) is 5.26 Å². The van der Waals surface area contributed by atoms with Crippen molar-refractivity contribution in [3.05, 3.63) is 54.2 Å². The quantitative estimate of drug-likeness (QED) is 0.589. The number of nitrogens with zero attached hydrogens (tertiary/aromatic N) is 3. The first kappa shape index (κ1) is 18.7. The molecule has 0 spiro atoms. The van der Waals surface area contributed by atoms with Gasteiger partial charge in [0.25, 0.3) is 0 Å². The third kappa shape index (κ3) is 4.18. The molecule has 138 valence electrons. The predicted molar refractivity (Wildman–Crippen MR) is 108 cm³/mol. The summed E-state index contributed by atoms with van der Waals surface area (Å²) in [5.41, 5.74) is 3.38. The molecule has 0 aliphatic rings. The largest absolute Gasteiger partial charge is 0.474 e. The van der Waals surface area contributed by atoms with Gasteiger partial charge in [0.2, 0.25) is 5.88 Å². The number of anilines is 1. The zero-order valence-electron chi connectivity index (χ0n) is 15.9. The Morgan fingerprint density at radius 3 is 2.56 bits per heavy atom. The van der Waals surface area contributed by atoms with Crippen LogP contribution in [0.25, 0.3) is 21.9 Å². The maximum absolute atomic E-state index is 9.67. The lowest BCUT2D eigenvalue weighted by Gasteiger charge is -2.14. The summed E-state index contributed by atoms with van der Waals surface area (Å²) in [6, 6.07) is 16.6. The molecule has 1 heterocycles. The highest BCUT2D eigenvalue weighted by Crippen LogP contribution is 2.31. The lowest BCUT2D eigenvalue weighted by Crippen LogP contribution is -2.08. The van der Waals surface area contributed by atoms with Gasteiger partial charge in [0.05, 0.1) is 6.61 Å². The van der Waals surface area contributed by atoms with Crippen LogP contribution >= 0.6 is 0 Å². The van der Waals surface area contributed by atoms with Crippen molar-refractivity contribution in [2.45, 2.75) is 6.92 Å². The van der Waals surface area contributed by atoms with Gasteiger partial charge in [-0.15, -0.1) is 0 Å². The maximum atomic E-state index is 9.67. The summed E-state index contributed by atoms with van der Waals surface area (Å²) in [7, 11) is 4.05. The minimum Gasteiger partial charge on any atom is -0.474 e. The second kappa shape index (κ2) is 8.52. The van der Waals surface area contributed by atoms with Crippen LogP contribution in [-0.2, 0) is 4.74 Å². The molecule has 0 bridgehead atoms. The van der Waals surface area contributed by atoms with Crippen LogP contribution in [0.3, 0.4) is 0 Å². The highest BCUT2D eigenvalue weighted by Gasteiger charge is 2.13. The normalized spacial score (nSPS) is 10.6. The molecule has 0 amide bonds. The molecule has 0 atom stereocenters. The van der Waals surface area contributed by atoms with E-state index in [4.69, 9.17) is 9.47 Å². The Bertz CT molecular complexity index is 977. The fraction of sp³-hybridized carbons (Fsp3) is 0.273. The van der Waals surface area contributed by atoms with E-state index >= 15 is 0 Å². The third-order valence-electron chi connectivity index (χ3n) is 4.35. The minimum atomic E-state index is 0.345. The fourth-order valence-corrected chi connectivity index (χ4v) is 2.92. The lowest BCUT2D eigenvalue weighted by molar-refractivity contribution is 0.108. The molecular formula is C22H23N3O2. The van der Waals surface area contributed by atoms with Gasteiger partial charge in [0.15, 0.2) is 0 Å². The molecule has 3 aromatic rings. The van der Waals surface area contributed by atoms with Crippen LogP contribution < -0.4 is 9.64 Å². The van der Waals surface area contributed by atoms with Crippen molar-refractivity contribution in [1.29, 1.82) is 5.26 Å². The molecule has 0 aliphatic carbocycles. The standard InChI is InChI=1S/C22H23N3O2/c1-4-26-11-12-27-22-21(15-23)20(9-10-24-22)18-6-5-17-14-19(25(2)3)8-7-16(17)13-18/h5-10,13-14H,4,11-12H2,1-3H3. The second-order valence-corrected chi connectivity index (χ2v) is 6.34. The first-order valence-corrected chi connectivity index (χ1v) is 8.95. The summed E-state index contributed by atoms with van der Waals surface area (Å²) >= 11 is 0. The van der Waals surface area contributed by atoms with Crippen molar-refractivity contribution >= 4 is 16.5 Å². The Kier molecular flexibility index (Phi) is 5.90. The SMILES string of the molecule is CCOCCOc1nccc(-c2ccc3cc(N(C)C)ccc3c2)c1C#N. The average Bonchev–Trinajstić information content (AvgIpc) is 2.70. The van der Waals surface area contributed by atoms with Gasteiger partial charge in [-0.3, -0.25) is 0 Å². The minimum absolute atomic E-state index is 0.345. The number of nitriles is 1. The van der Waals surface area contributed by atoms with E-state index < -0.39 is 0 Å². The highest BCUT2D eigenvalue weighted by atomic mass is 16.5. The molecule has 0 fully saturated rings. The van der Waals surface area contributed by atoms with Crippen LogP contribution in [0, 0.1) is 11.3 Å². The van der Waals surface area contributed by atoms with Crippen molar-refractivity contribution in [1.82, 2.24) is 4.98 Å². The zero-order valence-corrected chi connectivity index (χ0v) is 15.9. The fourth-order valence-electron chi connectivity index (χ4n) is 2.92. The maximum Gasteiger partial charge on any atom is 0.232 e. The van der Waals surface area contributed by atoms with Crippen molar-refractivity contribution in [2.75, 3.05) is 38.8 Å². The van der Waals surface area contributed by atoms with Gasteiger partial charge >= 0.3 is 0 Å². The molecule has 3 rings (SSSR count). The van der Waals surface area contributed by atoms with Crippen LogP contribution in [0.5, 0.6) is 5.88 Å². The lowest BCUT2D eigenvalue weighted by atomic mass is 9.98. The van der Waals surface area contributed by atoms with E-state index in [0.29, 0.717) is 31.3 Å². The zero-order chi connectivity index (χ0) is 19.2. The van der Waals surface area contributed by atoms with Gasteiger partial charge in [-0.25, -0.2) is 4.98 Å². The van der Waals surface area contributed by atoms with Gasteiger partial charge in [0, 0.05) is 38.1 Å². The van der Waals surface area contributed by atoms with Crippen LogP contribution in [0.2, 0.25) is 0 Å². The van der Waals surface area contributed by atoms with Gasteiger partial charge in [-0.2, -0.15) is 5.26 Å². The number of benzene rings is 2. The molecule has 1 aromatic heterocycles. The molecule has 0 radical (unpaired) electrons. The van der Waals surface area contributed by atoms with E-state index in [-0.39, 0.29) is 0 Å². The first-order chi connectivity index (χ1) is 13.1. The van der Waals surface area contributed by atoms with Crippen LogP contribution in [-0.4, -0.2) is 38.9 Å². The highest BCUT2D eigenvalue weighted by molar-refractivity contribution is 5.90. The molecular weight excluding hydrogens is 338 g/mol. The number of rotatable bonds is 7. The number of ether oxygens (including phenoxy) is 2. The molecule has 5 heteroatoms. The third-order valence-corrected chi connectivity index (χ3v) is 4.35. The first-order valence-electron chi connectivity index (χ1n) is 8.95. The van der Waals surface area contributed by atoms with Crippen molar-refractivity contribution in [3.63, 3.8) is 0 Å². The van der Waals surface area contributed by atoms with Crippen molar-refractivity contribution < 1.29 is 9.47 Å². The molecule has 0 aliphatic heterocycles. The van der Waals surface area contributed by atoms with Crippen molar-refractivity contribution in [2.24, 2.45) is 0 Å². The second-order valence-electron chi connectivity index (χ2n) is 6.34. The molecule has 0 unspecified atom stereocenters. The van der Waals surface area contributed by atoms with Crippen LogP contribution in [0.15, 0.2) is 48.7 Å². The Morgan fingerprint density at radius 1 is 1.04 bits per heavy atom. The monoisotopic (exact) mass is 361 g/mol. The Balaban J connectivity index is 1.95. The molecule has 27 heavy (non-hydrogen) atoms. The van der Waals surface area contributed by atoms with Crippen LogP contribution in [0.1, 0.15) is 12.5 Å². The Labute approximate surface area is 159 Å². The molecule has 2 aromatic carbocycles. The number of pyridine rings is 1. The van der Waals surface area contributed by atoms with E-state index in [1.807, 2.05) is 33.2 Å². The van der Waals surface area contributed by atoms with Gasteiger partial charge in [-0.1, -0.05) is 18.2 Å². The van der Waals surface area contributed by atoms with E-state index in [1.54, 1.807) is 6.20 Å². The van der Waals surface area contributed by atoms with Crippen LogP contribution in [0.4, 0.5) is 5.69 Å². The van der Waals surface area contributed by atoms with Gasteiger partial charge < -0.3 is 14.4 Å². The average molecular weight is 361 g/mol. The summed E-state index contributed by atoms with van der Waals surface area (Å²) in [6.07, 6.45) is 1.67.